The summed E-state index contributed by atoms with van der Waals surface area (Å²) in [6.07, 6.45) is 1.96. The molecule has 0 fully saturated rings. The first-order chi connectivity index (χ1) is 8.74. The van der Waals surface area contributed by atoms with E-state index in [9.17, 15) is 4.79 Å². The number of benzene rings is 1. The zero-order valence-corrected chi connectivity index (χ0v) is 10.4. The van der Waals surface area contributed by atoms with Crippen LogP contribution in [0.5, 0.6) is 5.75 Å². The molecule has 0 atom stereocenters. The van der Waals surface area contributed by atoms with Gasteiger partial charge < -0.3 is 4.74 Å². The lowest BCUT2D eigenvalue weighted by molar-refractivity contribution is -0.120. The fourth-order valence-corrected chi connectivity index (χ4v) is 1.58. The number of rotatable bonds is 5. The van der Waals surface area contributed by atoms with Gasteiger partial charge in [0, 0.05) is 16.9 Å². The van der Waals surface area contributed by atoms with Gasteiger partial charge in [-0.1, -0.05) is 17.7 Å². The van der Waals surface area contributed by atoms with E-state index in [0.717, 1.165) is 5.69 Å². The molecule has 0 N–H and O–H groups in total. The highest BCUT2D eigenvalue weighted by Gasteiger charge is 2.05. The van der Waals surface area contributed by atoms with Crippen LogP contribution in [0.4, 0.5) is 0 Å². The lowest BCUT2D eigenvalue weighted by Crippen LogP contribution is -2.14. The van der Waals surface area contributed by atoms with Crippen LogP contribution < -0.4 is 4.74 Å². The van der Waals surface area contributed by atoms with Crippen LogP contribution in [0.1, 0.15) is 5.69 Å². The first-order valence-electron chi connectivity index (χ1n) is 5.54. The van der Waals surface area contributed by atoms with Gasteiger partial charge in [0.05, 0.1) is 6.42 Å². The van der Waals surface area contributed by atoms with Gasteiger partial charge in [-0.25, -0.2) is 0 Å². The third kappa shape index (κ3) is 3.86. The van der Waals surface area contributed by atoms with E-state index in [1.807, 2.05) is 18.2 Å². The van der Waals surface area contributed by atoms with Gasteiger partial charge in [-0.05, 0) is 36.4 Å². The molecule has 0 saturated heterocycles. The summed E-state index contributed by atoms with van der Waals surface area (Å²) in [5.41, 5.74) is 0.752. The minimum atomic E-state index is -0.0105. The van der Waals surface area contributed by atoms with Gasteiger partial charge in [-0.15, -0.1) is 0 Å². The van der Waals surface area contributed by atoms with Crippen molar-refractivity contribution in [2.75, 3.05) is 6.61 Å². The molecular weight excluding hydrogens is 250 g/mol. The minimum absolute atomic E-state index is 0.0105. The third-order valence-corrected chi connectivity index (χ3v) is 2.57. The highest BCUT2D eigenvalue weighted by Crippen LogP contribution is 2.15. The van der Waals surface area contributed by atoms with Crippen molar-refractivity contribution in [3.05, 3.63) is 59.4 Å². The maximum Gasteiger partial charge on any atom is 0.176 e. The zero-order chi connectivity index (χ0) is 12.8. The second-order valence-electron chi connectivity index (χ2n) is 3.78. The number of nitrogens with zero attached hydrogens (tertiary/aromatic N) is 1. The number of ether oxygens (including phenoxy) is 1. The minimum Gasteiger partial charge on any atom is -0.486 e. The maximum atomic E-state index is 11.7. The molecule has 0 radical (unpaired) electrons. The Hall–Kier alpha value is -1.87. The Labute approximate surface area is 110 Å². The smallest absolute Gasteiger partial charge is 0.176 e. The van der Waals surface area contributed by atoms with Gasteiger partial charge in [-0.2, -0.15) is 0 Å². The summed E-state index contributed by atoms with van der Waals surface area (Å²) >= 11 is 5.75. The van der Waals surface area contributed by atoms with E-state index in [4.69, 9.17) is 16.3 Å². The molecule has 0 aliphatic heterocycles. The molecule has 0 unspecified atom stereocenters. The van der Waals surface area contributed by atoms with Crippen LogP contribution in [0.2, 0.25) is 5.02 Å². The number of pyridine rings is 1. The van der Waals surface area contributed by atoms with Crippen molar-refractivity contribution in [3.8, 4) is 5.75 Å². The molecule has 4 heteroatoms. The van der Waals surface area contributed by atoms with Crippen molar-refractivity contribution in [3.63, 3.8) is 0 Å². The number of ketones is 1. The standard InChI is InChI=1S/C14H12ClNO2/c15-11-4-6-14(7-5-11)18-10-13(17)9-12-3-1-2-8-16-12/h1-8H,9-10H2. The van der Waals surface area contributed by atoms with Crippen molar-refractivity contribution in [1.29, 1.82) is 0 Å². The summed E-state index contributed by atoms with van der Waals surface area (Å²) in [6.45, 7) is 0.0399. The molecule has 2 rings (SSSR count). The lowest BCUT2D eigenvalue weighted by atomic mass is 10.2. The van der Waals surface area contributed by atoms with Gasteiger partial charge in [0.1, 0.15) is 12.4 Å². The fraction of sp³-hybridized carbons (Fsp3) is 0.143. The second-order valence-corrected chi connectivity index (χ2v) is 4.22. The molecule has 0 spiro atoms. The van der Waals surface area contributed by atoms with E-state index < -0.39 is 0 Å². The van der Waals surface area contributed by atoms with E-state index >= 15 is 0 Å². The number of halogens is 1. The van der Waals surface area contributed by atoms with Gasteiger partial charge in [0.25, 0.3) is 0 Å². The predicted molar refractivity (Wildman–Crippen MR) is 69.9 cm³/mol. The second kappa shape index (κ2) is 6.17. The molecule has 3 nitrogen and oxygen atoms in total. The summed E-state index contributed by atoms with van der Waals surface area (Å²) in [6, 6.07) is 12.4. The van der Waals surface area contributed by atoms with Crippen molar-refractivity contribution in [2.45, 2.75) is 6.42 Å². The van der Waals surface area contributed by atoms with Crippen molar-refractivity contribution in [1.82, 2.24) is 4.98 Å². The Morgan fingerprint density at radius 2 is 1.94 bits per heavy atom. The van der Waals surface area contributed by atoms with Crippen LogP contribution in [0, 0.1) is 0 Å². The molecule has 0 amide bonds. The van der Waals surface area contributed by atoms with Crippen LogP contribution >= 0.6 is 11.6 Å². The van der Waals surface area contributed by atoms with Crippen molar-refractivity contribution in [2.24, 2.45) is 0 Å². The average Bonchev–Trinajstić information content (AvgIpc) is 2.39. The molecule has 1 aromatic heterocycles. The summed E-state index contributed by atoms with van der Waals surface area (Å²) in [5, 5.41) is 0.641. The SMILES string of the molecule is O=C(COc1ccc(Cl)cc1)Cc1ccccn1. The summed E-state index contributed by atoms with van der Waals surface area (Å²) in [7, 11) is 0. The molecule has 0 aliphatic carbocycles. The van der Waals surface area contributed by atoms with Crippen molar-refractivity contribution >= 4 is 17.4 Å². The first-order valence-corrected chi connectivity index (χ1v) is 5.92. The molecule has 0 saturated carbocycles. The van der Waals surface area contributed by atoms with Crippen LogP contribution in [0.25, 0.3) is 0 Å². The zero-order valence-electron chi connectivity index (χ0n) is 9.67. The van der Waals surface area contributed by atoms with Gasteiger partial charge in [0.15, 0.2) is 5.78 Å². The third-order valence-electron chi connectivity index (χ3n) is 2.32. The van der Waals surface area contributed by atoms with Crippen molar-refractivity contribution < 1.29 is 9.53 Å². The number of hydrogen-bond acceptors (Lipinski definition) is 3. The Morgan fingerprint density at radius 1 is 1.17 bits per heavy atom. The largest absolute Gasteiger partial charge is 0.486 e. The summed E-state index contributed by atoms with van der Waals surface area (Å²) < 4.78 is 5.36. The number of hydrogen-bond donors (Lipinski definition) is 0. The molecule has 0 aliphatic rings. The van der Waals surface area contributed by atoms with Crippen LogP contribution in [-0.4, -0.2) is 17.4 Å². The van der Waals surface area contributed by atoms with E-state index in [-0.39, 0.29) is 18.8 Å². The highest BCUT2D eigenvalue weighted by atomic mass is 35.5. The predicted octanol–water partition coefficient (Wildman–Crippen LogP) is 2.93. The Morgan fingerprint density at radius 3 is 2.61 bits per heavy atom. The summed E-state index contributed by atoms with van der Waals surface area (Å²) in [4.78, 5) is 15.8. The first kappa shape index (κ1) is 12.6. The van der Waals surface area contributed by atoms with E-state index in [1.54, 1.807) is 30.5 Å². The number of Topliss-reactive ketones (excluding diaryl/α,β-unsaturated/α-hetero) is 1. The van der Waals surface area contributed by atoms with E-state index in [1.165, 1.54) is 0 Å². The molecule has 18 heavy (non-hydrogen) atoms. The van der Waals surface area contributed by atoms with E-state index in [2.05, 4.69) is 4.98 Å². The topological polar surface area (TPSA) is 39.2 Å². The van der Waals surface area contributed by atoms with Gasteiger partial charge in [0.2, 0.25) is 0 Å². The van der Waals surface area contributed by atoms with Crippen LogP contribution in [0.15, 0.2) is 48.7 Å². The maximum absolute atomic E-state index is 11.7. The van der Waals surface area contributed by atoms with E-state index in [0.29, 0.717) is 10.8 Å². The van der Waals surface area contributed by atoms with Crippen LogP contribution in [0.3, 0.4) is 0 Å². The molecule has 1 heterocycles. The number of aromatic nitrogens is 1. The van der Waals surface area contributed by atoms with Gasteiger partial charge >= 0.3 is 0 Å². The fourth-order valence-electron chi connectivity index (χ4n) is 1.45. The Balaban J connectivity index is 1.83. The Bertz CT molecular complexity index is 511. The average molecular weight is 262 g/mol. The van der Waals surface area contributed by atoms with Crippen LogP contribution in [-0.2, 0) is 11.2 Å². The number of carbonyl (C=O) groups is 1. The molecule has 1 aromatic carbocycles. The summed E-state index contributed by atoms with van der Waals surface area (Å²) in [5.74, 6) is 0.623. The normalized spacial score (nSPS) is 10.1. The molecule has 2 aromatic rings. The number of carbonyl (C=O) groups excluding carboxylic acids is 1. The van der Waals surface area contributed by atoms with Gasteiger partial charge in [-0.3, -0.25) is 9.78 Å². The molecule has 92 valence electrons. The molecule has 0 bridgehead atoms. The lowest BCUT2D eigenvalue weighted by Gasteiger charge is -2.05. The Kier molecular flexibility index (Phi) is 4.31. The monoisotopic (exact) mass is 261 g/mol. The molecular formula is C14H12ClNO2. The quantitative estimate of drug-likeness (QED) is 0.831. The highest BCUT2D eigenvalue weighted by molar-refractivity contribution is 6.30.